The van der Waals surface area contributed by atoms with Crippen LogP contribution in [-0.2, 0) is 6.42 Å². The lowest BCUT2D eigenvalue weighted by molar-refractivity contribution is 0.428. The Labute approximate surface area is 122 Å². The van der Waals surface area contributed by atoms with Crippen LogP contribution < -0.4 is 5.32 Å². The predicted molar refractivity (Wildman–Crippen MR) is 77.7 cm³/mol. The van der Waals surface area contributed by atoms with Gasteiger partial charge in [-0.15, -0.1) is 0 Å². The van der Waals surface area contributed by atoms with Crippen LogP contribution in [-0.4, -0.2) is 7.05 Å². The van der Waals surface area contributed by atoms with Gasteiger partial charge in [0, 0.05) is 11.6 Å². The summed E-state index contributed by atoms with van der Waals surface area (Å²) in [5, 5.41) is 2.98. The maximum atomic E-state index is 13.9. The molecule has 2 rings (SSSR count). The SMILES string of the molecule is CNC(Cc1c(C)cccc1C)c1ccc(F)c(F)c1F. The molecule has 1 atom stereocenters. The van der Waals surface area contributed by atoms with Gasteiger partial charge in [-0.3, -0.25) is 0 Å². The Morgan fingerprint density at radius 2 is 1.57 bits per heavy atom. The Kier molecular flexibility index (Phi) is 4.68. The Hall–Kier alpha value is -1.81. The normalized spacial score (nSPS) is 12.5. The molecule has 0 heterocycles. The molecule has 21 heavy (non-hydrogen) atoms. The van der Waals surface area contributed by atoms with Gasteiger partial charge in [0.2, 0.25) is 0 Å². The molecule has 112 valence electrons. The van der Waals surface area contributed by atoms with Crippen molar-refractivity contribution >= 4 is 0 Å². The summed E-state index contributed by atoms with van der Waals surface area (Å²) in [6, 6.07) is 7.76. The largest absolute Gasteiger partial charge is 0.313 e. The molecule has 1 unspecified atom stereocenters. The molecule has 0 aromatic heterocycles. The molecule has 0 spiro atoms. The number of hydrogen-bond donors (Lipinski definition) is 1. The fraction of sp³-hybridized carbons (Fsp3) is 0.294. The highest BCUT2D eigenvalue weighted by Crippen LogP contribution is 2.26. The summed E-state index contributed by atoms with van der Waals surface area (Å²) >= 11 is 0. The van der Waals surface area contributed by atoms with Crippen molar-refractivity contribution in [3.63, 3.8) is 0 Å². The smallest absolute Gasteiger partial charge is 0.194 e. The van der Waals surface area contributed by atoms with Gasteiger partial charge in [-0.1, -0.05) is 24.3 Å². The van der Waals surface area contributed by atoms with Crippen molar-refractivity contribution in [2.75, 3.05) is 7.05 Å². The van der Waals surface area contributed by atoms with Gasteiger partial charge in [0.05, 0.1) is 0 Å². The van der Waals surface area contributed by atoms with Crippen molar-refractivity contribution in [3.05, 3.63) is 70.0 Å². The summed E-state index contributed by atoms with van der Waals surface area (Å²) in [4.78, 5) is 0. The van der Waals surface area contributed by atoms with Crippen LogP contribution >= 0.6 is 0 Å². The first-order valence-corrected chi connectivity index (χ1v) is 6.81. The highest BCUT2D eigenvalue weighted by atomic mass is 19.2. The number of halogens is 3. The van der Waals surface area contributed by atoms with Crippen molar-refractivity contribution in [1.29, 1.82) is 0 Å². The van der Waals surface area contributed by atoms with E-state index in [1.165, 1.54) is 6.07 Å². The molecule has 0 amide bonds. The van der Waals surface area contributed by atoms with E-state index >= 15 is 0 Å². The van der Waals surface area contributed by atoms with Crippen molar-refractivity contribution < 1.29 is 13.2 Å². The molecule has 0 saturated heterocycles. The average molecular weight is 293 g/mol. The van der Waals surface area contributed by atoms with E-state index in [0.29, 0.717) is 6.42 Å². The highest BCUT2D eigenvalue weighted by molar-refractivity contribution is 5.36. The van der Waals surface area contributed by atoms with Crippen LogP contribution in [0.15, 0.2) is 30.3 Å². The molecule has 0 aliphatic carbocycles. The molecule has 2 aromatic rings. The number of likely N-dealkylation sites (N-methyl/N-ethyl adjacent to an activating group) is 1. The first-order chi connectivity index (χ1) is 9.95. The van der Waals surface area contributed by atoms with Crippen LogP contribution in [0.25, 0.3) is 0 Å². The van der Waals surface area contributed by atoms with Gasteiger partial charge in [-0.25, -0.2) is 13.2 Å². The third kappa shape index (κ3) is 3.10. The Bertz CT molecular complexity index is 632. The van der Waals surface area contributed by atoms with Gasteiger partial charge in [-0.2, -0.15) is 0 Å². The summed E-state index contributed by atoms with van der Waals surface area (Å²) in [7, 11) is 1.68. The minimum Gasteiger partial charge on any atom is -0.313 e. The molecule has 0 saturated carbocycles. The maximum absolute atomic E-state index is 13.9. The van der Waals surface area contributed by atoms with Crippen LogP contribution in [0.4, 0.5) is 13.2 Å². The predicted octanol–water partition coefficient (Wildman–Crippen LogP) is 4.22. The second kappa shape index (κ2) is 6.31. The van der Waals surface area contributed by atoms with E-state index in [2.05, 4.69) is 5.32 Å². The summed E-state index contributed by atoms with van der Waals surface area (Å²) in [6.45, 7) is 3.97. The lowest BCUT2D eigenvalue weighted by Gasteiger charge is -2.20. The van der Waals surface area contributed by atoms with Crippen molar-refractivity contribution in [2.24, 2.45) is 0 Å². The van der Waals surface area contributed by atoms with E-state index in [1.807, 2.05) is 32.0 Å². The standard InChI is InChI=1S/C17H18F3N/c1-10-5-4-6-11(2)13(10)9-15(21-3)12-7-8-14(18)17(20)16(12)19/h4-8,15,21H,9H2,1-3H3. The quantitative estimate of drug-likeness (QED) is 0.832. The molecule has 0 fully saturated rings. The minimum absolute atomic E-state index is 0.138. The lowest BCUT2D eigenvalue weighted by atomic mass is 9.92. The van der Waals surface area contributed by atoms with Gasteiger partial charge >= 0.3 is 0 Å². The van der Waals surface area contributed by atoms with E-state index in [9.17, 15) is 13.2 Å². The van der Waals surface area contributed by atoms with E-state index in [0.717, 1.165) is 22.8 Å². The summed E-state index contributed by atoms with van der Waals surface area (Å²) < 4.78 is 40.4. The second-order valence-corrected chi connectivity index (χ2v) is 5.18. The van der Waals surface area contributed by atoms with Crippen molar-refractivity contribution in [3.8, 4) is 0 Å². The molecule has 4 heteroatoms. The molecular formula is C17H18F3N. The fourth-order valence-electron chi connectivity index (χ4n) is 2.55. The average Bonchev–Trinajstić information content (AvgIpc) is 2.46. The maximum Gasteiger partial charge on any atom is 0.194 e. The van der Waals surface area contributed by atoms with E-state index in [-0.39, 0.29) is 5.56 Å². The summed E-state index contributed by atoms with van der Waals surface area (Å²) in [6.07, 6.45) is 0.511. The molecule has 0 radical (unpaired) electrons. The van der Waals surface area contributed by atoms with Crippen LogP contribution in [0.5, 0.6) is 0 Å². The minimum atomic E-state index is -1.42. The number of aryl methyl sites for hydroxylation is 2. The van der Waals surface area contributed by atoms with Crippen LogP contribution in [0.1, 0.15) is 28.3 Å². The molecule has 0 aliphatic heterocycles. The first-order valence-electron chi connectivity index (χ1n) is 6.81. The topological polar surface area (TPSA) is 12.0 Å². The van der Waals surface area contributed by atoms with Gasteiger partial charge in [0.25, 0.3) is 0 Å². The molecule has 2 aromatic carbocycles. The number of nitrogens with one attached hydrogen (secondary N) is 1. The molecule has 0 bridgehead atoms. The fourth-order valence-corrected chi connectivity index (χ4v) is 2.55. The van der Waals surface area contributed by atoms with E-state index in [1.54, 1.807) is 7.05 Å². The van der Waals surface area contributed by atoms with Crippen molar-refractivity contribution in [1.82, 2.24) is 5.32 Å². The Balaban J connectivity index is 2.40. The van der Waals surface area contributed by atoms with Gasteiger partial charge < -0.3 is 5.32 Å². The first kappa shape index (κ1) is 15.6. The van der Waals surface area contributed by atoms with Crippen molar-refractivity contribution in [2.45, 2.75) is 26.3 Å². The summed E-state index contributed by atoms with van der Waals surface area (Å²) in [5.74, 6) is -3.71. The number of hydrogen-bond acceptors (Lipinski definition) is 1. The monoisotopic (exact) mass is 293 g/mol. The van der Waals surface area contributed by atoms with Gasteiger partial charge in [0.1, 0.15) is 0 Å². The Morgan fingerprint density at radius 1 is 0.952 bits per heavy atom. The van der Waals surface area contributed by atoms with Crippen LogP contribution in [0.2, 0.25) is 0 Å². The highest BCUT2D eigenvalue weighted by Gasteiger charge is 2.21. The zero-order valence-electron chi connectivity index (χ0n) is 12.3. The molecule has 1 nitrogen and oxygen atoms in total. The molecule has 1 N–H and O–H groups in total. The Morgan fingerprint density at radius 3 is 2.14 bits per heavy atom. The van der Waals surface area contributed by atoms with Crippen LogP contribution in [0.3, 0.4) is 0 Å². The third-order valence-electron chi connectivity index (χ3n) is 3.84. The third-order valence-corrected chi connectivity index (χ3v) is 3.84. The van der Waals surface area contributed by atoms with E-state index < -0.39 is 23.5 Å². The van der Waals surface area contributed by atoms with Gasteiger partial charge in [-0.05, 0) is 50.1 Å². The zero-order chi connectivity index (χ0) is 15.6. The van der Waals surface area contributed by atoms with E-state index in [4.69, 9.17) is 0 Å². The molecule has 0 aliphatic rings. The lowest BCUT2D eigenvalue weighted by Crippen LogP contribution is -2.21. The van der Waals surface area contributed by atoms with Gasteiger partial charge in [0.15, 0.2) is 17.5 Å². The number of benzene rings is 2. The van der Waals surface area contributed by atoms with Crippen LogP contribution in [0, 0.1) is 31.3 Å². The number of rotatable bonds is 4. The zero-order valence-corrected chi connectivity index (χ0v) is 12.3. The molecular weight excluding hydrogens is 275 g/mol. The summed E-state index contributed by atoms with van der Waals surface area (Å²) in [5.41, 5.74) is 3.41. The second-order valence-electron chi connectivity index (χ2n) is 5.18.